The van der Waals surface area contributed by atoms with Gasteiger partial charge < -0.3 is 9.64 Å². The average molecular weight is 263 g/mol. The number of ether oxygens (including phenoxy) is 1. The van der Waals surface area contributed by atoms with Gasteiger partial charge in [-0.2, -0.15) is 0 Å². The Hall–Kier alpha value is -2.44. The van der Waals surface area contributed by atoms with E-state index in [1.54, 1.807) is 4.90 Å². The molecule has 1 aromatic heterocycles. The van der Waals surface area contributed by atoms with Gasteiger partial charge in [0.25, 0.3) is 0 Å². The molecule has 0 fully saturated rings. The maximum absolute atomic E-state index is 11.4. The monoisotopic (exact) mass is 263 g/mol. The number of esters is 1. The van der Waals surface area contributed by atoms with Crippen molar-refractivity contribution in [1.82, 2.24) is 4.98 Å². The number of hydrogen-bond acceptors (Lipinski definition) is 6. The highest BCUT2D eigenvalue weighted by Crippen LogP contribution is 2.27. The summed E-state index contributed by atoms with van der Waals surface area (Å²) in [6, 6.07) is 2.58. The van der Waals surface area contributed by atoms with Gasteiger partial charge in [0.05, 0.1) is 12.0 Å². The Balaban J connectivity index is 2.44. The molecule has 0 atom stereocenters. The van der Waals surface area contributed by atoms with E-state index in [2.05, 4.69) is 9.72 Å². The van der Waals surface area contributed by atoms with E-state index in [0.29, 0.717) is 13.1 Å². The van der Waals surface area contributed by atoms with Crippen molar-refractivity contribution in [3.63, 3.8) is 0 Å². The fourth-order valence-electron chi connectivity index (χ4n) is 1.87. The minimum absolute atomic E-state index is 0.0673. The lowest BCUT2D eigenvalue weighted by Gasteiger charge is -2.24. The summed E-state index contributed by atoms with van der Waals surface area (Å²) in [6.45, 7) is 1.17. The molecule has 0 radical (unpaired) electrons. The second kappa shape index (κ2) is 5.47. The molecule has 0 aromatic carbocycles. The number of rotatable bonds is 3. The molecular weight excluding hydrogens is 250 g/mol. The Morgan fingerprint density at radius 3 is 2.84 bits per heavy atom. The molecule has 0 amide bonds. The summed E-state index contributed by atoms with van der Waals surface area (Å²) < 4.78 is 4.58. The summed E-state index contributed by atoms with van der Waals surface area (Å²) in [4.78, 5) is 27.8. The minimum Gasteiger partial charge on any atom is -0.464 e. The number of anilines is 1. The van der Waals surface area contributed by atoms with Crippen LogP contribution in [0.2, 0.25) is 0 Å². The van der Waals surface area contributed by atoms with Crippen LogP contribution in [0.1, 0.15) is 16.9 Å². The van der Waals surface area contributed by atoms with Gasteiger partial charge in [-0.1, -0.05) is 12.2 Å². The van der Waals surface area contributed by atoms with Gasteiger partial charge in [0.1, 0.15) is 0 Å². The molecule has 7 nitrogen and oxygen atoms in total. The Morgan fingerprint density at radius 1 is 1.47 bits per heavy atom. The van der Waals surface area contributed by atoms with Crippen LogP contribution in [0, 0.1) is 10.1 Å². The van der Waals surface area contributed by atoms with Crippen LogP contribution >= 0.6 is 0 Å². The summed E-state index contributed by atoms with van der Waals surface area (Å²) >= 11 is 0. The third-order valence-electron chi connectivity index (χ3n) is 2.80. The molecule has 1 aromatic rings. The normalized spacial score (nSPS) is 14.3. The first-order valence-electron chi connectivity index (χ1n) is 5.77. The number of methoxy groups -OCH3 is 1. The molecular formula is C12H13N3O4. The van der Waals surface area contributed by atoms with Crippen molar-refractivity contribution >= 4 is 17.5 Å². The van der Waals surface area contributed by atoms with Crippen LogP contribution in [-0.4, -0.2) is 36.1 Å². The molecule has 0 unspecified atom stereocenters. The lowest BCUT2D eigenvalue weighted by atomic mass is 10.2. The minimum atomic E-state index is -0.608. The predicted molar refractivity (Wildman–Crippen MR) is 68.2 cm³/mol. The van der Waals surface area contributed by atoms with Crippen molar-refractivity contribution in [2.45, 2.75) is 6.42 Å². The first kappa shape index (κ1) is 13.0. The number of pyridine rings is 1. The molecule has 0 aliphatic carbocycles. The van der Waals surface area contributed by atoms with Crippen LogP contribution in [0.15, 0.2) is 24.3 Å². The van der Waals surface area contributed by atoms with E-state index in [-0.39, 0.29) is 17.2 Å². The van der Waals surface area contributed by atoms with E-state index in [9.17, 15) is 14.9 Å². The van der Waals surface area contributed by atoms with Crippen molar-refractivity contribution < 1.29 is 14.5 Å². The first-order valence-corrected chi connectivity index (χ1v) is 5.77. The van der Waals surface area contributed by atoms with E-state index in [1.165, 1.54) is 19.2 Å². The number of nitrogens with zero attached hydrogens (tertiary/aromatic N) is 3. The van der Waals surface area contributed by atoms with Crippen LogP contribution < -0.4 is 4.90 Å². The number of nitro groups is 1. The van der Waals surface area contributed by atoms with Gasteiger partial charge in [0, 0.05) is 19.2 Å². The Morgan fingerprint density at radius 2 is 2.26 bits per heavy atom. The second-order valence-corrected chi connectivity index (χ2v) is 3.99. The summed E-state index contributed by atoms with van der Waals surface area (Å²) in [5.41, 5.74) is -0.0411. The molecule has 2 heterocycles. The first-order chi connectivity index (χ1) is 9.13. The van der Waals surface area contributed by atoms with Gasteiger partial charge >= 0.3 is 11.7 Å². The van der Waals surface area contributed by atoms with Gasteiger partial charge in [0.2, 0.25) is 5.82 Å². The standard InChI is InChI=1S/C12H13N3O4/c1-19-12(16)9-5-6-10(15(17)18)11(13-9)14-7-3-2-4-8-14/h2-3,5-6H,4,7-8H2,1H3. The van der Waals surface area contributed by atoms with Gasteiger partial charge in [-0.05, 0) is 12.5 Å². The lowest BCUT2D eigenvalue weighted by Crippen LogP contribution is -2.29. The van der Waals surface area contributed by atoms with Crippen LogP contribution in [0.25, 0.3) is 0 Å². The summed E-state index contributed by atoms with van der Waals surface area (Å²) in [7, 11) is 1.24. The maximum atomic E-state index is 11.4. The van der Waals surface area contributed by atoms with Crippen LogP contribution in [0.4, 0.5) is 11.5 Å². The molecule has 1 aliphatic rings. The summed E-state index contributed by atoms with van der Waals surface area (Å²) in [5.74, 6) is -0.402. The summed E-state index contributed by atoms with van der Waals surface area (Å²) in [5, 5.41) is 11.0. The van der Waals surface area contributed by atoms with Crippen molar-refractivity contribution in [2.24, 2.45) is 0 Å². The van der Waals surface area contributed by atoms with E-state index >= 15 is 0 Å². The Labute approximate surface area is 109 Å². The molecule has 1 aliphatic heterocycles. The lowest BCUT2D eigenvalue weighted by molar-refractivity contribution is -0.384. The SMILES string of the molecule is COC(=O)c1ccc([N+](=O)[O-])c(N2CC=CCC2)n1. The smallest absolute Gasteiger partial charge is 0.356 e. The van der Waals surface area contributed by atoms with Gasteiger partial charge in [0.15, 0.2) is 5.69 Å². The Bertz CT molecular complexity index is 542. The number of carbonyl (C=O) groups is 1. The van der Waals surface area contributed by atoms with Gasteiger partial charge in [-0.25, -0.2) is 9.78 Å². The highest BCUT2D eigenvalue weighted by molar-refractivity contribution is 5.88. The zero-order valence-corrected chi connectivity index (χ0v) is 10.4. The molecule has 0 saturated heterocycles. The molecule has 0 bridgehead atoms. The van der Waals surface area contributed by atoms with Gasteiger partial charge in [-0.15, -0.1) is 0 Å². The molecule has 19 heavy (non-hydrogen) atoms. The third kappa shape index (κ3) is 2.70. The Kier molecular flexibility index (Phi) is 3.74. The fourth-order valence-corrected chi connectivity index (χ4v) is 1.87. The number of hydrogen-bond donors (Lipinski definition) is 0. The van der Waals surface area contributed by atoms with Crippen molar-refractivity contribution in [3.8, 4) is 0 Å². The average Bonchev–Trinajstić information content (AvgIpc) is 2.46. The quantitative estimate of drug-likeness (QED) is 0.356. The third-order valence-corrected chi connectivity index (χ3v) is 2.80. The zero-order valence-electron chi connectivity index (χ0n) is 10.4. The van der Waals surface area contributed by atoms with Crippen molar-refractivity contribution in [2.75, 3.05) is 25.1 Å². The maximum Gasteiger partial charge on any atom is 0.356 e. The molecule has 0 N–H and O–H groups in total. The largest absolute Gasteiger partial charge is 0.464 e. The molecule has 100 valence electrons. The zero-order chi connectivity index (χ0) is 13.8. The van der Waals surface area contributed by atoms with Crippen LogP contribution in [0.5, 0.6) is 0 Å². The van der Waals surface area contributed by atoms with Gasteiger partial charge in [-0.3, -0.25) is 10.1 Å². The van der Waals surface area contributed by atoms with Crippen LogP contribution in [-0.2, 0) is 4.74 Å². The molecule has 0 saturated carbocycles. The van der Waals surface area contributed by atoms with E-state index < -0.39 is 10.9 Å². The second-order valence-electron chi connectivity index (χ2n) is 3.99. The number of carbonyl (C=O) groups excluding carboxylic acids is 1. The summed E-state index contributed by atoms with van der Waals surface area (Å²) in [6.07, 6.45) is 4.72. The highest BCUT2D eigenvalue weighted by Gasteiger charge is 2.23. The molecule has 7 heteroatoms. The fraction of sp³-hybridized carbons (Fsp3) is 0.333. The highest BCUT2D eigenvalue weighted by atomic mass is 16.6. The topological polar surface area (TPSA) is 85.6 Å². The van der Waals surface area contributed by atoms with Crippen molar-refractivity contribution in [1.29, 1.82) is 0 Å². The van der Waals surface area contributed by atoms with E-state index in [1.807, 2.05) is 12.2 Å². The van der Waals surface area contributed by atoms with E-state index in [0.717, 1.165) is 6.42 Å². The number of aromatic nitrogens is 1. The molecule has 0 spiro atoms. The van der Waals surface area contributed by atoms with Crippen molar-refractivity contribution in [3.05, 3.63) is 40.1 Å². The molecule has 2 rings (SSSR count). The predicted octanol–water partition coefficient (Wildman–Crippen LogP) is 1.54. The van der Waals surface area contributed by atoms with E-state index in [4.69, 9.17) is 0 Å². The van der Waals surface area contributed by atoms with Crippen LogP contribution in [0.3, 0.4) is 0 Å².